The van der Waals surface area contributed by atoms with E-state index in [1.54, 1.807) is 0 Å². The molecule has 5 heteroatoms. The van der Waals surface area contributed by atoms with Gasteiger partial charge in [-0.15, -0.1) is 0 Å². The molecule has 181 valence electrons. The molecule has 34 heavy (non-hydrogen) atoms. The van der Waals surface area contributed by atoms with Crippen LogP contribution in [-0.4, -0.2) is 8.75 Å². The van der Waals surface area contributed by atoms with E-state index in [4.69, 9.17) is 0 Å². The Bertz CT molecular complexity index is 1070. The van der Waals surface area contributed by atoms with Gasteiger partial charge >= 0.3 is 211 Å². The Labute approximate surface area is 234 Å². The van der Waals surface area contributed by atoms with Gasteiger partial charge in [0.15, 0.2) is 0 Å². The number of amides is 1. The number of carbonyl (C=O) groups is 1. The van der Waals surface area contributed by atoms with Gasteiger partial charge < -0.3 is 24.8 Å². The minimum absolute atomic E-state index is 0. The zero-order chi connectivity index (χ0) is 23.7. The van der Waals surface area contributed by atoms with Gasteiger partial charge in [-0.05, 0) is 0 Å². The van der Waals surface area contributed by atoms with Gasteiger partial charge in [0.1, 0.15) is 0 Å². The predicted octanol–water partition coefficient (Wildman–Crippen LogP) is 1.81. The first-order chi connectivity index (χ1) is 15.1. The van der Waals surface area contributed by atoms with Gasteiger partial charge in [0.25, 0.3) is 0 Å². The van der Waals surface area contributed by atoms with Gasteiger partial charge in [-0.2, -0.15) is 0 Å². The van der Waals surface area contributed by atoms with Gasteiger partial charge in [-0.3, -0.25) is 0 Å². The van der Waals surface area contributed by atoms with Crippen LogP contribution in [0.25, 0.3) is 5.57 Å². The minimum atomic E-state index is 0. The first-order valence-corrected chi connectivity index (χ1v) is 12.8. The van der Waals surface area contributed by atoms with Gasteiger partial charge in [-0.1, -0.05) is 0 Å². The Hall–Kier alpha value is -1.15. The van der Waals surface area contributed by atoms with Gasteiger partial charge in [0.05, 0.1) is 0 Å². The molecule has 3 rings (SSSR count). The first-order valence-electron chi connectivity index (χ1n) is 11.7. The van der Waals surface area contributed by atoms with E-state index in [1.807, 2.05) is 2.84 Å². The summed E-state index contributed by atoms with van der Waals surface area (Å²) in [4.78, 5) is 13.8. The number of rotatable bonds is 6. The molecule has 1 unspecified atom stereocenters. The standard InChI is InChI=1S/C29H37NO.2ClH.Zr/c1-17(2)24-14-11-15-25(18(3)4)28(24)29(31)30-16-23-12-9-10-13-26(23)27-21(7)19(5)20(6)22(27)8;;;/h9-15,17-18,21H,16H2,1-8H3,(H,30,31);2*1H;/q;;;+3/p-3. The van der Waals surface area contributed by atoms with E-state index in [2.05, 4.69) is 97.9 Å². The summed E-state index contributed by atoms with van der Waals surface area (Å²) in [6.45, 7) is 18.3. The molecule has 1 atom stereocenters. The molecule has 1 amide bonds. The van der Waals surface area contributed by atoms with Crippen LogP contribution in [-0.2, 0) is 31.6 Å². The van der Waals surface area contributed by atoms with Crippen molar-refractivity contribution in [3.63, 3.8) is 0 Å². The molecular formula is C29H36Cl2NOZr. The van der Waals surface area contributed by atoms with E-state index in [-0.39, 0.29) is 30.7 Å². The summed E-state index contributed by atoms with van der Waals surface area (Å²) in [5, 5.41) is 0. The van der Waals surface area contributed by atoms with Crippen molar-refractivity contribution in [2.24, 2.45) is 5.92 Å². The van der Waals surface area contributed by atoms with Crippen LogP contribution in [0, 0.1) is 5.92 Å². The molecule has 0 saturated carbocycles. The van der Waals surface area contributed by atoms with Crippen LogP contribution >= 0.6 is 0 Å². The fourth-order valence-corrected chi connectivity index (χ4v) is 5.59. The zero-order valence-electron chi connectivity index (χ0n) is 21.6. The van der Waals surface area contributed by atoms with Crippen LogP contribution in [0.3, 0.4) is 0 Å². The van der Waals surface area contributed by atoms with Crippen molar-refractivity contribution in [2.75, 3.05) is 0 Å². The van der Waals surface area contributed by atoms with Crippen LogP contribution < -0.4 is 24.8 Å². The number of hydrogen-bond donors (Lipinski definition) is 0. The third kappa shape index (κ3) is 5.97. The molecule has 0 aliphatic heterocycles. The third-order valence-corrected chi connectivity index (χ3v) is 8.00. The summed E-state index contributed by atoms with van der Waals surface area (Å²) in [6, 6.07) is 15.0. The van der Waals surface area contributed by atoms with Crippen molar-refractivity contribution in [1.29, 1.82) is 0 Å². The summed E-state index contributed by atoms with van der Waals surface area (Å²) < 4.78 is 1.99. The number of allylic oxidation sites excluding steroid dienone is 4. The Balaban J connectivity index is 0.00000289. The first kappa shape index (κ1) is 30.9. The van der Waals surface area contributed by atoms with Crippen molar-refractivity contribution in [3.05, 3.63) is 87.0 Å². The fraction of sp³-hybridized carbons (Fsp3) is 0.414. The molecule has 0 saturated heterocycles. The van der Waals surface area contributed by atoms with Crippen LogP contribution in [0.5, 0.6) is 0 Å². The molecule has 0 aromatic heterocycles. The number of nitrogens with zero attached hydrogens (tertiary/aromatic N) is 1. The van der Waals surface area contributed by atoms with Crippen molar-refractivity contribution < 1.29 is 54.6 Å². The number of benzene rings is 2. The van der Waals surface area contributed by atoms with Crippen LogP contribution in [0.15, 0.2) is 59.2 Å². The number of carbonyl (C=O) groups excluding carboxylic acids is 1. The quantitative estimate of drug-likeness (QED) is 0.514. The summed E-state index contributed by atoms with van der Waals surface area (Å²) in [7, 11) is 0. The summed E-state index contributed by atoms with van der Waals surface area (Å²) in [5.74, 6) is 1.20. The molecule has 0 heterocycles. The molecule has 0 spiro atoms. The smallest absolute Gasteiger partial charge is 1.00 e. The second-order valence-corrected chi connectivity index (χ2v) is 11.1. The summed E-state index contributed by atoms with van der Waals surface area (Å²) in [5.41, 5.74) is 11.4. The summed E-state index contributed by atoms with van der Waals surface area (Å²) >= 11 is 1.12. The van der Waals surface area contributed by atoms with Gasteiger partial charge in [0.2, 0.25) is 0 Å². The maximum Gasteiger partial charge on any atom is -1.00 e. The summed E-state index contributed by atoms with van der Waals surface area (Å²) in [6.07, 6.45) is 0. The monoisotopic (exact) mass is 574 g/mol. The van der Waals surface area contributed by atoms with E-state index >= 15 is 0 Å². The van der Waals surface area contributed by atoms with E-state index < -0.39 is 0 Å². The average molecular weight is 577 g/mol. The zero-order valence-corrected chi connectivity index (χ0v) is 25.6. The second kappa shape index (κ2) is 12.7. The molecule has 0 N–H and O–H groups in total. The molecule has 1 aliphatic rings. The molecule has 0 bridgehead atoms. The molecule has 2 aromatic carbocycles. The van der Waals surface area contributed by atoms with Crippen molar-refractivity contribution in [2.45, 2.75) is 73.8 Å². The van der Waals surface area contributed by atoms with Crippen LogP contribution in [0.2, 0.25) is 0 Å². The number of hydrogen-bond acceptors (Lipinski definition) is 1. The van der Waals surface area contributed by atoms with Crippen molar-refractivity contribution in [3.8, 4) is 0 Å². The van der Waals surface area contributed by atoms with Gasteiger partial charge in [-0.25, -0.2) is 0 Å². The van der Waals surface area contributed by atoms with Crippen LogP contribution in [0.4, 0.5) is 0 Å². The molecule has 2 nitrogen and oxygen atoms in total. The molecule has 0 radical (unpaired) electrons. The molecule has 0 fully saturated rings. The van der Waals surface area contributed by atoms with E-state index in [1.165, 1.54) is 33.4 Å². The van der Waals surface area contributed by atoms with Crippen molar-refractivity contribution >= 4 is 11.5 Å². The molecular weight excluding hydrogens is 540 g/mol. The minimum Gasteiger partial charge on any atom is -1.00 e. The SMILES string of the molecule is CC1=C(C)C(C)C(c2ccccc2C[N]([Zr+2])C(=O)c2c(C(C)C)cccc2C(C)C)=C1C.[Cl-].[Cl-]. The van der Waals surface area contributed by atoms with Crippen LogP contribution in [0.1, 0.15) is 99.8 Å². The Morgan fingerprint density at radius 3 is 1.88 bits per heavy atom. The maximum atomic E-state index is 13.8. The third-order valence-electron chi connectivity index (χ3n) is 7.11. The maximum absolute atomic E-state index is 13.8. The largest absolute Gasteiger partial charge is 1.00 e. The predicted molar refractivity (Wildman–Crippen MR) is 131 cm³/mol. The van der Waals surface area contributed by atoms with E-state index in [0.29, 0.717) is 24.3 Å². The average Bonchev–Trinajstić information content (AvgIpc) is 2.95. The van der Waals surface area contributed by atoms with E-state index in [9.17, 15) is 4.79 Å². The number of halogens is 2. The van der Waals surface area contributed by atoms with Crippen molar-refractivity contribution in [1.82, 2.24) is 2.84 Å². The van der Waals surface area contributed by atoms with E-state index in [0.717, 1.165) is 41.7 Å². The Morgan fingerprint density at radius 2 is 1.41 bits per heavy atom. The normalized spacial score (nSPS) is 15.6. The Kier molecular flexibility index (Phi) is 11.5. The topological polar surface area (TPSA) is 20.3 Å². The Morgan fingerprint density at radius 1 is 0.882 bits per heavy atom. The molecule has 1 aliphatic carbocycles. The molecule has 2 aromatic rings. The van der Waals surface area contributed by atoms with Gasteiger partial charge in [0, 0.05) is 0 Å². The fourth-order valence-electron chi connectivity index (χ4n) is 4.90. The second-order valence-electron chi connectivity index (χ2n) is 9.74.